The summed E-state index contributed by atoms with van der Waals surface area (Å²) in [6.45, 7) is 0. The number of hydrogen-bond donors (Lipinski definition) is 1. The van der Waals surface area contributed by atoms with Crippen molar-refractivity contribution in [2.45, 2.75) is 0 Å². The Morgan fingerprint density at radius 2 is 2.40 bits per heavy atom. The molecule has 1 N–H and O–H groups in total. The van der Waals surface area contributed by atoms with Gasteiger partial charge in [-0.15, -0.1) is 0 Å². The van der Waals surface area contributed by atoms with E-state index in [-0.39, 0.29) is 0 Å². The van der Waals surface area contributed by atoms with Crippen LogP contribution in [0.2, 0.25) is 0 Å². The second-order valence-corrected chi connectivity index (χ2v) is 1.90. The number of H-pyrrole nitrogens is 1. The van der Waals surface area contributed by atoms with E-state index in [1.165, 1.54) is 0 Å². The van der Waals surface area contributed by atoms with E-state index in [0.29, 0.717) is 11.2 Å². The third-order valence-electron chi connectivity index (χ3n) is 1.23. The van der Waals surface area contributed by atoms with Crippen molar-refractivity contribution >= 4 is 11.2 Å². The first-order chi connectivity index (χ1) is 4.86. The minimum Gasteiger partial charge on any atom is -0.345 e. The van der Waals surface area contributed by atoms with Crippen molar-refractivity contribution in [2.75, 3.05) is 0 Å². The van der Waals surface area contributed by atoms with Crippen LogP contribution in [-0.2, 0) is 0 Å². The third kappa shape index (κ3) is 0.655. The first kappa shape index (κ1) is 5.34. The predicted octanol–water partition coefficient (Wildman–Crippen LogP) is 1.10. The molecule has 0 aliphatic rings. The van der Waals surface area contributed by atoms with Crippen LogP contribution in [0.25, 0.3) is 11.2 Å². The maximum absolute atomic E-state index is 12.3. The highest BCUT2D eigenvalue weighted by Gasteiger charge is 1.96. The molecule has 50 valence electrons. The van der Waals surface area contributed by atoms with Crippen molar-refractivity contribution in [3.05, 3.63) is 24.4 Å². The number of aromatic nitrogens is 3. The minimum atomic E-state index is -0.549. The highest BCUT2D eigenvalue weighted by Crippen LogP contribution is 2.04. The van der Waals surface area contributed by atoms with Crippen molar-refractivity contribution in [3.63, 3.8) is 0 Å². The quantitative estimate of drug-likeness (QED) is 0.590. The van der Waals surface area contributed by atoms with Gasteiger partial charge in [-0.05, 0) is 6.07 Å². The van der Waals surface area contributed by atoms with Crippen LogP contribution in [0.5, 0.6) is 0 Å². The van der Waals surface area contributed by atoms with Crippen LogP contribution in [0, 0.1) is 5.95 Å². The van der Waals surface area contributed by atoms with Gasteiger partial charge in [0.2, 0.25) is 5.95 Å². The van der Waals surface area contributed by atoms with Gasteiger partial charge in [0.25, 0.3) is 0 Å². The number of nitrogens with zero attached hydrogens (tertiary/aromatic N) is 2. The van der Waals surface area contributed by atoms with Crippen molar-refractivity contribution in [3.8, 4) is 0 Å². The first-order valence-corrected chi connectivity index (χ1v) is 2.82. The summed E-state index contributed by atoms with van der Waals surface area (Å²) in [6, 6.07) is 1.67. The van der Waals surface area contributed by atoms with Crippen LogP contribution >= 0.6 is 0 Å². The van der Waals surface area contributed by atoms with Gasteiger partial charge in [-0.3, -0.25) is 0 Å². The van der Waals surface area contributed by atoms with Gasteiger partial charge in [-0.25, -0.2) is 9.97 Å². The molecule has 4 heteroatoms. The van der Waals surface area contributed by atoms with Crippen LogP contribution in [0.15, 0.2) is 18.5 Å². The molecule has 2 rings (SSSR count). The second kappa shape index (κ2) is 1.76. The Hall–Kier alpha value is -1.45. The highest BCUT2D eigenvalue weighted by atomic mass is 19.1. The lowest BCUT2D eigenvalue weighted by Crippen LogP contribution is -1.84. The summed E-state index contributed by atoms with van der Waals surface area (Å²) in [5, 5.41) is 0. The van der Waals surface area contributed by atoms with Gasteiger partial charge < -0.3 is 4.98 Å². The van der Waals surface area contributed by atoms with Gasteiger partial charge in [0.05, 0.1) is 6.20 Å². The number of halogens is 1. The summed E-state index contributed by atoms with van der Waals surface area (Å²) in [6.07, 6.45) is 2.75. The van der Waals surface area contributed by atoms with Crippen LogP contribution in [0.1, 0.15) is 0 Å². The van der Waals surface area contributed by atoms with Gasteiger partial charge in [-0.1, -0.05) is 0 Å². The van der Waals surface area contributed by atoms with Gasteiger partial charge in [0.15, 0.2) is 5.65 Å². The Labute approximate surface area is 55.9 Å². The third-order valence-corrected chi connectivity index (χ3v) is 1.23. The molecule has 0 bridgehead atoms. The SMILES string of the molecule is Fc1cnc2[nH]ccc2n1. The van der Waals surface area contributed by atoms with Crippen molar-refractivity contribution in [1.29, 1.82) is 0 Å². The van der Waals surface area contributed by atoms with E-state index in [1.54, 1.807) is 12.3 Å². The second-order valence-electron chi connectivity index (χ2n) is 1.90. The molecule has 0 aliphatic carbocycles. The average molecular weight is 137 g/mol. The summed E-state index contributed by atoms with van der Waals surface area (Å²) in [4.78, 5) is 10.1. The van der Waals surface area contributed by atoms with Gasteiger partial charge in [-0.2, -0.15) is 4.39 Å². The molecule has 0 fully saturated rings. The van der Waals surface area contributed by atoms with E-state index in [0.717, 1.165) is 6.20 Å². The first-order valence-electron chi connectivity index (χ1n) is 2.82. The molecular formula is C6H4FN3. The number of rotatable bonds is 0. The van der Waals surface area contributed by atoms with Crippen LogP contribution in [0.4, 0.5) is 4.39 Å². The molecule has 0 aliphatic heterocycles. The lowest BCUT2D eigenvalue weighted by Gasteiger charge is -1.85. The molecule has 0 atom stereocenters. The summed E-state index contributed by atoms with van der Waals surface area (Å²) >= 11 is 0. The molecule has 0 amide bonds. The van der Waals surface area contributed by atoms with E-state index >= 15 is 0 Å². The van der Waals surface area contributed by atoms with Crippen LogP contribution in [0.3, 0.4) is 0 Å². The van der Waals surface area contributed by atoms with Crippen LogP contribution < -0.4 is 0 Å². The lowest BCUT2D eigenvalue weighted by molar-refractivity contribution is 0.583. The van der Waals surface area contributed by atoms with Gasteiger partial charge >= 0.3 is 0 Å². The topological polar surface area (TPSA) is 41.6 Å². The average Bonchev–Trinajstić information content (AvgIpc) is 2.33. The normalized spacial score (nSPS) is 10.5. The molecule has 0 spiro atoms. The zero-order valence-electron chi connectivity index (χ0n) is 5.00. The Morgan fingerprint density at radius 3 is 3.30 bits per heavy atom. The number of aromatic amines is 1. The summed E-state index contributed by atoms with van der Waals surface area (Å²) in [5.41, 5.74) is 1.17. The number of nitrogens with one attached hydrogen (secondary N) is 1. The van der Waals surface area contributed by atoms with E-state index in [1.807, 2.05) is 0 Å². The molecular weight excluding hydrogens is 133 g/mol. The standard InChI is InChI=1S/C6H4FN3/c7-5-3-9-6-4(10-5)1-2-8-6/h1-3H,(H,8,9). The molecule has 10 heavy (non-hydrogen) atoms. The maximum Gasteiger partial charge on any atom is 0.232 e. The monoisotopic (exact) mass is 137 g/mol. The zero-order valence-corrected chi connectivity index (χ0v) is 5.00. The Bertz CT molecular complexity index is 355. The molecule has 2 aromatic rings. The lowest BCUT2D eigenvalue weighted by atomic mass is 10.5. The molecule has 0 unspecified atom stereocenters. The summed E-state index contributed by atoms with van der Waals surface area (Å²) < 4.78 is 12.3. The molecule has 0 saturated heterocycles. The number of hydrogen-bond acceptors (Lipinski definition) is 2. The van der Waals surface area contributed by atoms with Crippen molar-refractivity contribution < 1.29 is 4.39 Å². The highest BCUT2D eigenvalue weighted by molar-refractivity contribution is 5.69. The largest absolute Gasteiger partial charge is 0.345 e. The van der Waals surface area contributed by atoms with Crippen molar-refractivity contribution in [2.24, 2.45) is 0 Å². The fourth-order valence-corrected chi connectivity index (χ4v) is 0.808. The molecule has 2 heterocycles. The van der Waals surface area contributed by atoms with E-state index in [2.05, 4.69) is 15.0 Å². The summed E-state index contributed by atoms with van der Waals surface area (Å²) in [7, 11) is 0. The maximum atomic E-state index is 12.3. The van der Waals surface area contributed by atoms with E-state index < -0.39 is 5.95 Å². The van der Waals surface area contributed by atoms with Crippen molar-refractivity contribution in [1.82, 2.24) is 15.0 Å². The summed E-state index contributed by atoms with van der Waals surface area (Å²) in [5.74, 6) is -0.549. The Kier molecular flexibility index (Phi) is 0.943. The fraction of sp³-hybridized carbons (Fsp3) is 0. The molecule has 0 saturated carbocycles. The smallest absolute Gasteiger partial charge is 0.232 e. The molecule has 3 nitrogen and oxygen atoms in total. The van der Waals surface area contributed by atoms with E-state index in [9.17, 15) is 4.39 Å². The fourth-order valence-electron chi connectivity index (χ4n) is 0.808. The number of fused-ring (bicyclic) bond motifs is 1. The predicted molar refractivity (Wildman–Crippen MR) is 33.8 cm³/mol. The molecule has 2 aromatic heterocycles. The van der Waals surface area contributed by atoms with E-state index in [4.69, 9.17) is 0 Å². The van der Waals surface area contributed by atoms with Crippen LogP contribution in [-0.4, -0.2) is 15.0 Å². The molecule has 0 radical (unpaired) electrons. The Morgan fingerprint density at radius 1 is 1.50 bits per heavy atom. The minimum absolute atomic E-state index is 0.549. The van der Waals surface area contributed by atoms with Gasteiger partial charge in [0.1, 0.15) is 5.52 Å². The van der Waals surface area contributed by atoms with Gasteiger partial charge in [0, 0.05) is 6.20 Å². The Balaban J connectivity index is 2.86. The molecule has 0 aromatic carbocycles. The zero-order chi connectivity index (χ0) is 6.97.